The maximum Gasteiger partial charge on any atom is 0.226 e. The van der Waals surface area contributed by atoms with Gasteiger partial charge in [0.15, 0.2) is 17.3 Å². The van der Waals surface area contributed by atoms with Crippen molar-refractivity contribution in [2.75, 3.05) is 26.6 Å². The molecule has 3 heterocycles. The molecule has 0 amide bonds. The first-order valence-corrected chi connectivity index (χ1v) is 9.90. The molecule has 1 aliphatic heterocycles. The number of ether oxygens (including phenoxy) is 3. The molecule has 5 rings (SSSR count). The number of anilines is 1. The van der Waals surface area contributed by atoms with Crippen molar-refractivity contribution in [3.8, 4) is 17.2 Å². The summed E-state index contributed by atoms with van der Waals surface area (Å²) in [5, 5.41) is 7.69. The van der Waals surface area contributed by atoms with Crippen molar-refractivity contribution in [1.82, 2.24) is 14.8 Å². The highest BCUT2D eigenvalue weighted by molar-refractivity contribution is 6.00. The molecule has 9 nitrogen and oxygen atoms in total. The van der Waals surface area contributed by atoms with Crippen LogP contribution in [0.2, 0.25) is 0 Å². The molecule has 3 aromatic rings. The van der Waals surface area contributed by atoms with E-state index in [-0.39, 0.29) is 11.7 Å². The van der Waals surface area contributed by atoms with E-state index >= 15 is 0 Å². The molecular formula is C22H22N4O5. The number of fused-ring (bicyclic) bond motifs is 1. The van der Waals surface area contributed by atoms with Crippen molar-refractivity contribution in [1.29, 1.82) is 0 Å². The van der Waals surface area contributed by atoms with Gasteiger partial charge >= 0.3 is 0 Å². The van der Waals surface area contributed by atoms with Gasteiger partial charge in [-0.15, -0.1) is 0 Å². The lowest BCUT2D eigenvalue weighted by Gasteiger charge is -2.34. The largest absolute Gasteiger partial charge is 0.493 e. The lowest BCUT2D eigenvalue weighted by atomic mass is 9.79. The second-order valence-corrected chi connectivity index (χ2v) is 7.45. The fourth-order valence-corrected chi connectivity index (χ4v) is 4.44. The van der Waals surface area contributed by atoms with E-state index in [9.17, 15) is 4.79 Å². The summed E-state index contributed by atoms with van der Waals surface area (Å²) in [6, 6.07) is 6.98. The first-order chi connectivity index (χ1) is 15.1. The zero-order valence-corrected chi connectivity index (χ0v) is 17.4. The molecule has 31 heavy (non-hydrogen) atoms. The highest BCUT2D eigenvalue weighted by Crippen LogP contribution is 2.47. The average molecular weight is 422 g/mol. The van der Waals surface area contributed by atoms with Crippen molar-refractivity contribution < 1.29 is 23.4 Å². The molecule has 160 valence electrons. The Hall–Kier alpha value is -3.75. The summed E-state index contributed by atoms with van der Waals surface area (Å²) in [4.78, 5) is 17.7. The second kappa shape index (κ2) is 7.50. The molecule has 0 spiro atoms. The van der Waals surface area contributed by atoms with Gasteiger partial charge in [0.1, 0.15) is 18.1 Å². The quantitative estimate of drug-likeness (QED) is 0.668. The Morgan fingerprint density at radius 1 is 1.13 bits per heavy atom. The topological polar surface area (TPSA) is 101 Å². The van der Waals surface area contributed by atoms with Crippen molar-refractivity contribution in [2.45, 2.75) is 24.8 Å². The SMILES string of the molecule is COc1cc([C@H]2C3=C(C[C@H](c4ccco4)CC3=O)Nc3ncnn32)cc(OC)c1OC. The summed E-state index contributed by atoms with van der Waals surface area (Å²) in [5.74, 6) is 2.90. The molecule has 2 aliphatic rings. The van der Waals surface area contributed by atoms with Crippen LogP contribution in [0, 0.1) is 0 Å². The van der Waals surface area contributed by atoms with Crippen molar-refractivity contribution >= 4 is 11.7 Å². The summed E-state index contributed by atoms with van der Waals surface area (Å²) < 4.78 is 23.8. The van der Waals surface area contributed by atoms with E-state index in [1.54, 1.807) is 32.3 Å². The first kappa shape index (κ1) is 19.2. The fourth-order valence-electron chi connectivity index (χ4n) is 4.44. The second-order valence-electron chi connectivity index (χ2n) is 7.45. The number of allylic oxidation sites excluding steroid dienone is 2. The first-order valence-electron chi connectivity index (χ1n) is 9.90. The van der Waals surface area contributed by atoms with Crippen LogP contribution in [-0.2, 0) is 4.79 Å². The van der Waals surface area contributed by atoms with Crippen LogP contribution in [0.5, 0.6) is 17.2 Å². The van der Waals surface area contributed by atoms with Gasteiger partial charge in [0.2, 0.25) is 11.7 Å². The van der Waals surface area contributed by atoms with Gasteiger partial charge in [-0.1, -0.05) is 0 Å². The number of nitrogens with one attached hydrogen (secondary N) is 1. The van der Waals surface area contributed by atoms with E-state index in [0.29, 0.717) is 41.6 Å². The minimum absolute atomic E-state index is 0.0242. The van der Waals surface area contributed by atoms with Gasteiger partial charge in [0, 0.05) is 23.6 Å². The minimum atomic E-state index is -0.465. The molecule has 2 atom stereocenters. The van der Waals surface area contributed by atoms with E-state index < -0.39 is 6.04 Å². The van der Waals surface area contributed by atoms with Crippen molar-refractivity contribution in [2.24, 2.45) is 0 Å². The molecule has 0 unspecified atom stereocenters. The number of nitrogens with zero attached hydrogens (tertiary/aromatic N) is 3. The van der Waals surface area contributed by atoms with Crippen LogP contribution >= 0.6 is 0 Å². The lowest BCUT2D eigenvalue weighted by molar-refractivity contribution is -0.117. The number of hydrogen-bond acceptors (Lipinski definition) is 8. The van der Waals surface area contributed by atoms with E-state index in [1.165, 1.54) is 6.33 Å². The Bertz CT molecular complexity index is 1140. The van der Waals surface area contributed by atoms with Crippen LogP contribution in [0.1, 0.15) is 36.1 Å². The maximum absolute atomic E-state index is 13.4. The van der Waals surface area contributed by atoms with Crippen molar-refractivity contribution in [3.05, 3.63) is 59.4 Å². The van der Waals surface area contributed by atoms with E-state index in [4.69, 9.17) is 18.6 Å². The highest BCUT2D eigenvalue weighted by atomic mass is 16.5. The molecule has 1 aromatic carbocycles. The number of ketones is 1. The number of Topliss-reactive ketones (excluding diaryl/α,β-unsaturated/α-hetero) is 1. The number of aromatic nitrogens is 3. The van der Waals surface area contributed by atoms with Crippen LogP contribution in [0.3, 0.4) is 0 Å². The molecular weight excluding hydrogens is 400 g/mol. The van der Waals surface area contributed by atoms with Crippen LogP contribution < -0.4 is 19.5 Å². The Balaban J connectivity index is 1.65. The zero-order valence-electron chi connectivity index (χ0n) is 17.4. The molecule has 0 fully saturated rings. The maximum atomic E-state index is 13.4. The van der Waals surface area contributed by atoms with Gasteiger partial charge in [-0.3, -0.25) is 4.79 Å². The molecule has 0 radical (unpaired) electrons. The van der Waals surface area contributed by atoms with Crippen LogP contribution in [-0.4, -0.2) is 41.9 Å². The Labute approximate surface area is 178 Å². The van der Waals surface area contributed by atoms with Gasteiger partial charge in [-0.2, -0.15) is 10.1 Å². The molecule has 9 heteroatoms. The van der Waals surface area contributed by atoms with Gasteiger partial charge in [0.05, 0.1) is 27.6 Å². The van der Waals surface area contributed by atoms with Crippen LogP contribution in [0.4, 0.5) is 5.95 Å². The fraction of sp³-hybridized carbons (Fsp3) is 0.318. The molecule has 1 aliphatic carbocycles. The summed E-state index contributed by atoms with van der Waals surface area (Å²) in [5.41, 5.74) is 2.28. The molecule has 2 aromatic heterocycles. The third-order valence-electron chi connectivity index (χ3n) is 5.81. The van der Waals surface area contributed by atoms with Crippen LogP contribution in [0.25, 0.3) is 0 Å². The number of benzene rings is 1. The predicted octanol–water partition coefficient (Wildman–Crippen LogP) is 3.31. The van der Waals surface area contributed by atoms with E-state index in [0.717, 1.165) is 17.0 Å². The smallest absolute Gasteiger partial charge is 0.226 e. The number of furan rings is 1. The molecule has 1 N–H and O–H groups in total. The number of carbonyl (C=O) groups is 1. The van der Waals surface area contributed by atoms with Crippen LogP contribution in [0.15, 0.2) is 52.5 Å². The number of rotatable bonds is 5. The Morgan fingerprint density at radius 2 is 1.90 bits per heavy atom. The number of hydrogen-bond donors (Lipinski definition) is 1. The number of methoxy groups -OCH3 is 3. The Kier molecular flexibility index (Phi) is 4.65. The standard InChI is InChI=1S/C22H22N4O5/c1-28-17-9-13(10-18(29-2)21(17)30-3)20-19-14(25-22-23-11-24-26(20)22)7-12(8-15(19)27)16-5-4-6-31-16/h4-6,9-12,20H,7-8H2,1-3H3,(H,23,24,25)/t12-,20-/m0/s1. The minimum Gasteiger partial charge on any atom is -0.493 e. The molecule has 0 bridgehead atoms. The third-order valence-corrected chi connectivity index (χ3v) is 5.81. The highest BCUT2D eigenvalue weighted by Gasteiger charge is 2.40. The molecule has 0 saturated heterocycles. The predicted molar refractivity (Wildman–Crippen MR) is 111 cm³/mol. The van der Waals surface area contributed by atoms with E-state index in [1.807, 2.05) is 24.3 Å². The summed E-state index contributed by atoms with van der Waals surface area (Å²) >= 11 is 0. The molecule has 0 saturated carbocycles. The third kappa shape index (κ3) is 3.04. The van der Waals surface area contributed by atoms with Gasteiger partial charge in [-0.25, -0.2) is 4.68 Å². The normalized spacial score (nSPS) is 20.0. The average Bonchev–Trinajstić information content (AvgIpc) is 3.48. The van der Waals surface area contributed by atoms with E-state index in [2.05, 4.69) is 15.4 Å². The number of carbonyl (C=O) groups excluding carboxylic acids is 1. The van der Waals surface area contributed by atoms with Gasteiger partial charge in [-0.05, 0) is 36.2 Å². The van der Waals surface area contributed by atoms with Gasteiger partial charge in [0.25, 0.3) is 0 Å². The lowest BCUT2D eigenvalue weighted by Crippen LogP contribution is -2.33. The van der Waals surface area contributed by atoms with Gasteiger partial charge < -0.3 is 23.9 Å². The van der Waals surface area contributed by atoms with Crippen molar-refractivity contribution in [3.63, 3.8) is 0 Å². The summed E-state index contributed by atoms with van der Waals surface area (Å²) in [6.07, 6.45) is 4.11. The summed E-state index contributed by atoms with van der Waals surface area (Å²) in [6.45, 7) is 0. The summed E-state index contributed by atoms with van der Waals surface area (Å²) in [7, 11) is 4.68. The Morgan fingerprint density at radius 3 is 2.55 bits per heavy atom. The monoisotopic (exact) mass is 422 g/mol. The zero-order chi connectivity index (χ0) is 21.5.